The lowest BCUT2D eigenvalue weighted by molar-refractivity contribution is 0.522. The molecule has 0 atom stereocenters. The van der Waals surface area contributed by atoms with Gasteiger partial charge in [0.25, 0.3) is 0 Å². The summed E-state index contributed by atoms with van der Waals surface area (Å²) in [5, 5.41) is 8.43. The van der Waals surface area contributed by atoms with Gasteiger partial charge in [0.15, 0.2) is 0 Å². The molecule has 0 bridgehead atoms. The van der Waals surface area contributed by atoms with Gasteiger partial charge in [-0.3, -0.25) is 0 Å². The van der Waals surface area contributed by atoms with E-state index in [1.165, 1.54) is 0 Å². The predicted octanol–water partition coefficient (Wildman–Crippen LogP) is 2.45. The molecule has 0 aromatic heterocycles. The summed E-state index contributed by atoms with van der Waals surface area (Å²) in [5.74, 6) is 1.57. The molecule has 58 valence electrons. The van der Waals surface area contributed by atoms with Gasteiger partial charge in [0.05, 0.1) is 12.5 Å². The maximum atomic E-state index is 8.43. The fourth-order valence-corrected chi connectivity index (χ4v) is 1.18. The third-order valence-electron chi connectivity index (χ3n) is 1.75. The van der Waals surface area contributed by atoms with Crippen molar-refractivity contribution >= 4 is 0 Å². The molecule has 0 aromatic rings. The van der Waals surface area contributed by atoms with Gasteiger partial charge in [0.1, 0.15) is 11.5 Å². The highest BCUT2D eigenvalue weighted by molar-refractivity contribution is 5.59. The van der Waals surface area contributed by atoms with E-state index in [4.69, 9.17) is 9.68 Å². The van der Waals surface area contributed by atoms with Gasteiger partial charge in [-0.25, -0.2) is 0 Å². The maximum absolute atomic E-state index is 8.43. The van der Waals surface area contributed by atoms with Gasteiger partial charge >= 0.3 is 0 Å². The topological polar surface area (TPSA) is 36.9 Å². The number of rotatable bonds is 1. The van der Waals surface area contributed by atoms with E-state index >= 15 is 0 Å². The minimum absolute atomic E-state index is 0.334. The fourth-order valence-electron chi connectivity index (χ4n) is 1.18. The third kappa shape index (κ3) is 1.06. The lowest BCUT2D eigenvalue weighted by atomic mass is 10.2. The zero-order chi connectivity index (χ0) is 8.39. The lowest BCUT2D eigenvalue weighted by Crippen LogP contribution is -1.82. The zero-order valence-electron chi connectivity index (χ0n) is 6.45. The predicted molar refractivity (Wildman–Crippen MR) is 44.6 cm³/mol. The molecule has 1 heterocycles. The molecule has 1 aliphatic carbocycles. The fraction of sp³-hybridized carbons (Fsp3) is 0.100. The van der Waals surface area contributed by atoms with Crippen molar-refractivity contribution in [1.29, 1.82) is 5.26 Å². The van der Waals surface area contributed by atoms with Crippen molar-refractivity contribution in [3.63, 3.8) is 0 Å². The second-order valence-corrected chi connectivity index (χ2v) is 2.58. The Hall–Kier alpha value is -1.75. The summed E-state index contributed by atoms with van der Waals surface area (Å²) in [6.07, 6.45) is 0.334. The number of fused-ring (bicyclic) bond motifs is 1. The van der Waals surface area contributed by atoms with E-state index in [1.807, 2.05) is 36.4 Å². The Morgan fingerprint density at radius 3 is 3.00 bits per heavy atom. The second kappa shape index (κ2) is 2.71. The first-order valence-corrected chi connectivity index (χ1v) is 3.74. The first-order chi connectivity index (χ1) is 5.90. The molecule has 0 saturated heterocycles. The molecule has 2 aliphatic rings. The van der Waals surface area contributed by atoms with E-state index < -0.39 is 0 Å². The average molecular weight is 157 g/mol. The molecule has 2 heteroatoms. The number of nitrogens with zero attached hydrogens (tertiary/aromatic N) is 1. The van der Waals surface area contributed by atoms with Crippen molar-refractivity contribution < 1.29 is 4.42 Å². The van der Waals surface area contributed by atoms with Gasteiger partial charge in [0.2, 0.25) is 0 Å². The van der Waals surface area contributed by atoms with E-state index in [9.17, 15) is 0 Å². The van der Waals surface area contributed by atoms with Crippen LogP contribution in [0.25, 0.3) is 11.3 Å². The number of hydrogen-bond donors (Lipinski definition) is 0. The minimum atomic E-state index is 0.334. The SMILES string of the molecule is N#CCc1ccc2cccc-2o1. The quantitative estimate of drug-likeness (QED) is 0.637. The van der Waals surface area contributed by atoms with Crippen molar-refractivity contribution in [2.75, 3.05) is 0 Å². The van der Waals surface area contributed by atoms with E-state index in [0.717, 1.165) is 17.1 Å². The Morgan fingerprint density at radius 2 is 2.17 bits per heavy atom. The molecule has 0 radical (unpaired) electrons. The summed E-state index contributed by atoms with van der Waals surface area (Å²) in [7, 11) is 0. The lowest BCUT2D eigenvalue weighted by Gasteiger charge is -1.99. The molecule has 1 aliphatic heterocycles. The highest BCUT2D eigenvalue weighted by atomic mass is 16.3. The first-order valence-electron chi connectivity index (χ1n) is 3.74. The van der Waals surface area contributed by atoms with E-state index in [-0.39, 0.29) is 0 Å². The van der Waals surface area contributed by atoms with Crippen LogP contribution in [0.1, 0.15) is 5.76 Å². The smallest absolute Gasteiger partial charge is 0.134 e. The van der Waals surface area contributed by atoms with Crippen molar-refractivity contribution in [1.82, 2.24) is 0 Å². The van der Waals surface area contributed by atoms with Crippen molar-refractivity contribution in [2.24, 2.45) is 0 Å². The molecule has 0 aromatic carbocycles. The van der Waals surface area contributed by atoms with Gasteiger partial charge in [-0.15, -0.1) is 0 Å². The van der Waals surface area contributed by atoms with Gasteiger partial charge in [-0.05, 0) is 18.2 Å². The molecule has 0 spiro atoms. The summed E-state index contributed by atoms with van der Waals surface area (Å²) >= 11 is 0. The van der Waals surface area contributed by atoms with Gasteiger partial charge < -0.3 is 4.42 Å². The second-order valence-electron chi connectivity index (χ2n) is 2.58. The van der Waals surface area contributed by atoms with Gasteiger partial charge in [-0.2, -0.15) is 5.26 Å². The number of hydrogen-bond acceptors (Lipinski definition) is 2. The molecule has 0 N–H and O–H groups in total. The van der Waals surface area contributed by atoms with Crippen molar-refractivity contribution in [3.05, 3.63) is 36.1 Å². The molecule has 0 unspecified atom stereocenters. The van der Waals surface area contributed by atoms with E-state index in [2.05, 4.69) is 0 Å². The molecule has 12 heavy (non-hydrogen) atoms. The molecular weight excluding hydrogens is 150 g/mol. The minimum Gasteiger partial charge on any atom is -0.460 e. The summed E-state index contributed by atoms with van der Waals surface area (Å²) in [6.45, 7) is 0. The molecular formula is C10H7NO. The standard InChI is InChI=1S/C10H7NO/c11-7-6-9-5-4-8-2-1-3-10(8)12-9/h1-5H,6H2. The normalized spacial score (nSPS) is 9.92. The maximum Gasteiger partial charge on any atom is 0.134 e. The number of nitriles is 1. The van der Waals surface area contributed by atoms with Crippen LogP contribution in [0.2, 0.25) is 0 Å². The summed E-state index contributed by atoms with van der Waals surface area (Å²) in [4.78, 5) is 0. The molecule has 2 nitrogen and oxygen atoms in total. The Kier molecular flexibility index (Phi) is 1.56. The summed E-state index contributed by atoms with van der Waals surface area (Å²) < 4.78 is 5.42. The highest BCUT2D eigenvalue weighted by Gasteiger charge is 2.04. The molecule has 0 saturated carbocycles. The van der Waals surface area contributed by atoms with Gasteiger partial charge in [-0.1, -0.05) is 12.1 Å². The third-order valence-corrected chi connectivity index (χ3v) is 1.75. The average Bonchev–Trinajstić information content (AvgIpc) is 2.51. The molecule has 0 amide bonds. The Labute approximate surface area is 70.4 Å². The van der Waals surface area contributed by atoms with Crippen LogP contribution in [-0.4, -0.2) is 0 Å². The summed E-state index contributed by atoms with van der Waals surface area (Å²) in [6, 6.07) is 11.7. The van der Waals surface area contributed by atoms with Crippen LogP contribution in [-0.2, 0) is 6.42 Å². The molecule has 2 rings (SSSR count). The van der Waals surface area contributed by atoms with E-state index in [1.54, 1.807) is 0 Å². The Morgan fingerprint density at radius 1 is 1.25 bits per heavy atom. The summed E-state index contributed by atoms with van der Waals surface area (Å²) in [5.41, 5.74) is 1.08. The van der Waals surface area contributed by atoms with Crippen LogP contribution < -0.4 is 0 Å². The van der Waals surface area contributed by atoms with Gasteiger partial charge in [0, 0.05) is 5.56 Å². The van der Waals surface area contributed by atoms with Crippen LogP contribution in [0.4, 0.5) is 0 Å². The Balaban J connectivity index is 2.49. The van der Waals surface area contributed by atoms with Crippen molar-refractivity contribution in [3.8, 4) is 17.4 Å². The molecule has 0 fully saturated rings. The first kappa shape index (κ1) is 6.93. The van der Waals surface area contributed by atoms with Crippen LogP contribution in [0.5, 0.6) is 0 Å². The van der Waals surface area contributed by atoms with Crippen molar-refractivity contribution in [2.45, 2.75) is 6.42 Å². The zero-order valence-corrected chi connectivity index (χ0v) is 6.45. The van der Waals surface area contributed by atoms with Crippen LogP contribution in [0.15, 0.2) is 34.7 Å². The van der Waals surface area contributed by atoms with Crippen LogP contribution in [0, 0.1) is 11.3 Å². The monoisotopic (exact) mass is 157 g/mol. The largest absolute Gasteiger partial charge is 0.460 e. The van der Waals surface area contributed by atoms with Crippen LogP contribution in [0.3, 0.4) is 0 Å². The van der Waals surface area contributed by atoms with Crippen LogP contribution >= 0.6 is 0 Å². The Bertz CT molecular complexity index is 397. The highest BCUT2D eigenvalue weighted by Crippen LogP contribution is 2.23. The van der Waals surface area contributed by atoms with E-state index in [0.29, 0.717) is 6.42 Å².